The lowest BCUT2D eigenvalue weighted by atomic mass is 9.95. The van der Waals surface area contributed by atoms with E-state index in [4.69, 9.17) is 0 Å². The first-order valence-corrected chi connectivity index (χ1v) is 5.71. The van der Waals surface area contributed by atoms with Gasteiger partial charge in [0.15, 0.2) is 0 Å². The predicted molar refractivity (Wildman–Crippen MR) is 60.4 cm³/mol. The summed E-state index contributed by atoms with van der Waals surface area (Å²) in [6, 6.07) is 6.61. The van der Waals surface area contributed by atoms with E-state index in [2.05, 4.69) is 0 Å². The molecule has 1 fully saturated rings. The number of likely N-dealkylation sites (tertiary alicyclic amines) is 1. The number of halogens is 1. The molecule has 0 aromatic heterocycles. The van der Waals surface area contributed by atoms with Gasteiger partial charge in [0.1, 0.15) is 5.82 Å². The van der Waals surface area contributed by atoms with Crippen LogP contribution in [-0.4, -0.2) is 17.4 Å². The fourth-order valence-electron chi connectivity index (χ4n) is 2.34. The third-order valence-electron chi connectivity index (χ3n) is 3.16. The van der Waals surface area contributed by atoms with Crippen molar-refractivity contribution in [2.45, 2.75) is 32.2 Å². The molecule has 86 valence electrons. The lowest BCUT2D eigenvalue weighted by molar-refractivity contribution is -0.132. The average molecular weight is 221 g/mol. The number of amides is 1. The minimum atomic E-state index is -0.228. The number of carbonyl (C=O) groups is 1. The van der Waals surface area contributed by atoms with Crippen molar-refractivity contribution < 1.29 is 9.18 Å². The van der Waals surface area contributed by atoms with Gasteiger partial charge in [-0.25, -0.2) is 4.39 Å². The Morgan fingerprint density at radius 3 is 2.62 bits per heavy atom. The molecule has 0 N–H and O–H groups in total. The van der Waals surface area contributed by atoms with Gasteiger partial charge in [-0.05, 0) is 37.0 Å². The Balaban J connectivity index is 2.23. The first-order chi connectivity index (χ1) is 7.68. The van der Waals surface area contributed by atoms with Crippen molar-refractivity contribution in [1.29, 1.82) is 0 Å². The molecule has 1 atom stereocenters. The van der Waals surface area contributed by atoms with E-state index >= 15 is 0 Å². The van der Waals surface area contributed by atoms with Crippen LogP contribution < -0.4 is 0 Å². The molecular formula is C13H16FNO. The first-order valence-electron chi connectivity index (χ1n) is 5.71. The highest BCUT2D eigenvalue weighted by atomic mass is 19.1. The Morgan fingerprint density at radius 2 is 2.00 bits per heavy atom. The zero-order valence-electron chi connectivity index (χ0n) is 9.45. The van der Waals surface area contributed by atoms with Gasteiger partial charge in [0, 0.05) is 13.5 Å². The number of hydrogen-bond acceptors (Lipinski definition) is 1. The van der Waals surface area contributed by atoms with Crippen LogP contribution in [0.1, 0.15) is 37.8 Å². The van der Waals surface area contributed by atoms with Gasteiger partial charge in [-0.15, -0.1) is 0 Å². The van der Waals surface area contributed by atoms with Gasteiger partial charge in [0.05, 0.1) is 6.04 Å². The Morgan fingerprint density at radius 1 is 1.31 bits per heavy atom. The second-order valence-corrected chi connectivity index (χ2v) is 4.28. The smallest absolute Gasteiger partial charge is 0.219 e. The molecule has 1 aliphatic rings. The van der Waals surface area contributed by atoms with E-state index in [1.165, 1.54) is 12.1 Å². The van der Waals surface area contributed by atoms with Gasteiger partial charge in [-0.2, -0.15) is 0 Å². The molecule has 0 bridgehead atoms. The number of rotatable bonds is 1. The maximum atomic E-state index is 12.8. The van der Waals surface area contributed by atoms with Crippen LogP contribution in [0.25, 0.3) is 0 Å². The number of piperidine rings is 1. The fraction of sp³-hybridized carbons (Fsp3) is 0.462. The standard InChI is InChI=1S/C13H16FNO/c1-10(16)15-9-3-2-4-13(15)11-5-7-12(14)8-6-11/h5-8,13H,2-4,9H2,1H3. The zero-order valence-corrected chi connectivity index (χ0v) is 9.45. The first kappa shape index (κ1) is 11.1. The molecule has 16 heavy (non-hydrogen) atoms. The maximum Gasteiger partial charge on any atom is 0.219 e. The SMILES string of the molecule is CC(=O)N1CCCCC1c1ccc(F)cc1. The average Bonchev–Trinajstić information content (AvgIpc) is 2.30. The molecule has 0 radical (unpaired) electrons. The van der Waals surface area contributed by atoms with Gasteiger partial charge in [0.2, 0.25) is 5.91 Å². The second-order valence-electron chi connectivity index (χ2n) is 4.28. The summed E-state index contributed by atoms with van der Waals surface area (Å²) in [7, 11) is 0. The molecule has 1 aliphatic heterocycles. The summed E-state index contributed by atoms with van der Waals surface area (Å²) < 4.78 is 12.8. The maximum absolute atomic E-state index is 12.8. The van der Waals surface area contributed by atoms with Crippen LogP contribution in [0.3, 0.4) is 0 Å². The lowest BCUT2D eigenvalue weighted by Gasteiger charge is -2.35. The molecule has 1 saturated heterocycles. The lowest BCUT2D eigenvalue weighted by Crippen LogP contribution is -2.36. The Labute approximate surface area is 95.1 Å². The predicted octanol–water partition coefficient (Wildman–Crippen LogP) is 2.90. The Kier molecular flexibility index (Phi) is 3.22. The van der Waals surface area contributed by atoms with Crippen LogP contribution >= 0.6 is 0 Å². The van der Waals surface area contributed by atoms with Gasteiger partial charge in [0.25, 0.3) is 0 Å². The molecule has 0 saturated carbocycles. The largest absolute Gasteiger partial charge is 0.336 e. The number of benzene rings is 1. The topological polar surface area (TPSA) is 20.3 Å². The van der Waals surface area contributed by atoms with Crippen LogP contribution in [0, 0.1) is 5.82 Å². The van der Waals surface area contributed by atoms with Crippen molar-refractivity contribution in [1.82, 2.24) is 4.90 Å². The van der Waals surface area contributed by atoms with E-state index in [9.17, 15) is 9.18 Å². The second kappa shape index (κ2) is 4.64. The molecule has 3 heteroatoms. The van der Waals surface area contributed by atoms with Crippen molar-refractivity contribution in [3.05, 3.63) is 35.6 Å². The quantitative estimate of drug-likeness (QED) is 0.714. The van der Waals surface area contributed by atoms with E-state index in [1.54, 1.807) is 19.1 Å². The molecule has 2 rings (SSSR count). The molecule has 1 amide bonds. The molecule has 1 aromatic carbocycles. The Bertz CT molecular complexity index is 374. The van der Waals surface area contributed by atoms with Crippen LogP contribution in [0.15, 0.2) is 24.3 Å². The van der Waals surface area contributed by atoms with Crippen molar-refractivity contribution in [2.24, 2.45) is 0 Å². The summed E-state index contributed by atoms with van der Waals surface area (Å²) in [5, 5.41) is 0. The van der Waals surface area contributed by atoms with E-state index in [1.807, 2.05) is 4.90 Å². The summed E-state index contributed by atoms with van der Waals surface area (Å²) >= 11 is 0. The summed E-state index contributed by atoms with van der Waals surface area (Å²) in [5.74, 6) is -0.122. The third-order valence-corrected chi connectivity index (χ3v) is 3.16. The highest BCUT2D eigenvalue weighted by Gasteiger charge is 2.25. The minimum absolute atomic E-state index is 0.106. The monoisotopic (exact) mass is 221 g/mol. The molecular weight excluding hydrogens is 205 g/mol. The van der Waals surface area contributed by atoms with Crippen molar-refractivity contribution >= 4 is 5.91 Å². The van der Waals surface area contributed by atoms with Crippen molar-refractivity contribution in [3.63, 3.8) is 0 Å². The van der Waals surface area contributed by atoms with Crippen LogP contribution in [0.2, 0.25) is 0 Å². The highest BCUT2D eigenvalue weighted by molar-refractivity contribution is 5.74. The summed E-state index contributed by atoms with van der Waals surface area (Å²) in [6.07, 6.45) is 3.17. The van der Waals surface area contributed by atoms with Gasteiger partial charge in [-0.1, -0.05) is 12.1 Å². The molecule has 1 heterocycles. The Hall–Kier alpha value is -1.38. The van der Waals surface area contributed by atoms with Gasteiger partial charge < -0.3 is 4.90 Å². The number of hydrogen-bond donors (Lipinski definition) is 0. The molecule has 2 nitrogen and oxygen atoms in total. The van der Waals surface area contributed by atoms with Crippen LogP contribution in [0.4, 0.5) is 4.39 Å². The summed E-state index contributed by atoms with van der Waals surface area (Å²) in [6.45, 7) is 2.42. The molecule has 0 aliphatic carbocycles. The highest BCUT2D eigenvalue weighted by Crippen LogP contribution is 2.30. The van der Waals surface area contributed by atoms with Crippen LogP contribution in [0.5, 0.6) is 0 Å². The number of nitrogens with zero attached hydrogens (tertiary/aromatic N) is 1. The fourth-order valence-corrected chi connectivity index (χ4v) is 2.34. The van der Waals surface area contributed by atoms with E-state index in [0.717, 1.165) is 31.4 Å². The minimum Gasteiger partial charge on any atom is -0.336 e. The zero-order chi connectivity index (χ0) is 11.5. The van der Waals surface area contributed by atoms with E-state index in [0.29, 0.717) is 0 Å². The molecule has 1 unspecified atom stereocenters. The van der Waals surface area contributed by atoms with Crippen molar-refractivity contribution in [2.75, 3.05) is 6.54 Å². The van der Waals surface area contributed by atoms with Crippen molar-refractivity contribution in [3.8, 4) is 0 Å². The third kappa shape index (κ3) is 2.23. The summed E-state index contributed by atoms with van der Waals surface area (Å²) in [5.41, 5.74) is 1.04. The van der Waals surface area contributed by atoms with Gasteiger partial charge in [-0.3, -0.25) is 4.79 Å². The molecule has 1 aromatic rings. The normalized spacial score (nSPS) is 20.9. The van der Waals surface area contributed by atoms with Gasteiger partial charge >= 0.3 is 0 Å². The molecule has 0 spiro atoms. The number of carbonyl (C=O) groups excluding carboxylic acids is 1. The van der Waals surface area contributed by atoms with E-state index in [-0.39, 0.29) is 17.8 Å². The van der Waals surface area contributed by atoms with Crippen LogP contribution in [-0.2, 0) is 4.79 Å². The summed E-state index contributed by atoms with van der Waals surface area (Å²) in [4.78, 5) is 13.4. The van der Waals surface area contributed by atoms with E-state index < -0.39 is 0 Å².